The highest BCUT2D eigenvalue weighted by Gasteiger charge is 1.73. The van der Waals surface area contributed by atoms with E-state index < -0.39 is 0 Å². The molecule has 0 aromatic carbocycles. The third-order valence-corrected chi connectivity index (χ3v) is 2.14. The van der Waals surface area contributed by atoms with E-state index in [1.165, 1.54) is 5.57 Å². The number of hydrogen-bond donors (Lipinski definition) is 1. The maximum atomic E-state index is 3.16. The Hall–Kier alpha value is -0.0831. The molecule has 0 aromatic heterocycles. The van der Waals surface area contributed by atoms with Gasteiger partial charge in [-0.2, -0.15) is 0 Å². The molecule has 7 heavy (non-hydrogen) atoms. The predicted molar refractivity (Wildman–Crippen MR) is 37.0 cm³/mol. The standard InChI is InChI=1S/C5H13NSi/c1-5(2)4-7-6-3/h4,6H,7H2,1-3H3. The normalized spacial score (nSPS) is 10.1. The summed E-state index contributed by atoms with van der Waals surface area (Å²) >= 11 is 0. The van der Waals surface area contributed by atoms with Crippen molar-refractivity contribution in [2.45, 2.75) is 13.8 Å². The second kappa shape index (κ2) is 4.09. The van der Waals surface area contributed by atoms with E-state index in [2.05, 4.69) is 24.5 Å². The molecule has 0 aromatic rings. The van der Waals surface area contributed by atoms with Crippen molar-refractivity contribution in [3.8, 4) is 0 Å². The van der Waals surface area contributed by atoms with Crippen LogP contribution in [0.2, 0.25) is 0 Å². The fourth-order valence-corrected chi connectivity index (χ4v) is 0.919. The molecule has 0 saturated heterocycles. The predicted octanol–water partition coefficient (Wildman–Crippen LogP) is 0.213. The van der Waals surface area contributed by atoms with Gasteiger partial charge in [0.25, 0.3) is 0 Å². The van der Waals surface area contributed by atoms with Crippen molar-refractivity contribution < 1.29 is 0 Å². The van der Waals surface area contributed by atoms with Crippen molar-refractivity contribution in [1.82, 2.24) is 4.98 Å². The molecule has 1 nitrogen and oxygen atoms in total. The molecule has 0 amide bonds. The van der Waals surface area contributed by atoms with Gasteiger partial charge in [0.1, 0.15) is 9.68 Å². The van der Waals surface area contributed by atoms with Gasteiger partial charge in [-0.25, -0.2) is 0 Å². The zero-order valence-electron chi connectivity index (χ0n) is 5.28. The molecule has 0 radical (unpaired) electrons. The molecule has 0 aliphatic rings. The molecule has 0 saturated carbocycles. The van der Waals surface area contributed by atoms with Gasteiger partial charge in [0.2, 0.25) is 0 Å². The maximum absolute atomic E-state index is 3.16. The zero-order valence-corrected chi connectivity index (χ0v) is 6.70. The smallest absolute Gasteiger partial charge is 0.116 e. The van der Waals surface area contributed by atoms with Crippen LogP contribution in [0.25, 0.3) is 0 Å². The first-order valence-corrected chi connectivity index (χ1v) is 4.07. The lowest BCUT2D eigenvalue weighted by Crippen LogP contribution is -2.09. The van der Waals surface area contributed by atoms with Crippen LogP contribution < -0.4 is 4.98 Å². The Kier molecular flexibility index (Phi) is 4.04. The third kappa shape index (κ3) is 5.92. The largest absolute Gasteiger partial charge is 0.342 e. The van der Waals surface area contributed by atoms with E-state index in [-0.39, 0.29) is 9.68 Å². The highest BCUT2D eigenvalue weighted by molar-refractivity contribution is 6.38. The lowest BCUT2D eigenvalue weighted by Gasteiger charge is -1.86. The van der Waals surface area contributed by atoms with Gasteiger partial charge in [0, 0.05) is 0 Å². The van der Waals surface area contributed by atoms with Crippen LogP contribution in [-0.4, -0.2) is 16.7 Å². The summed E-state index contributed by atoms with van der Waals surface area (Å²) in [6.45, 7) is 4.26. The minimum absolute atomic E-state index is 0.0378. The van der Waals surface area contributed by atoms with Gasteiger partial charge >= 0.3 is 0 Å². The van der Waals surface area contributed by atoms with E-state index in [9.17, 15) is 0 Å². The molecule has 0 aliphatic carbocycles. The topological polar surface area (TPSA) is 12.0 Å². The highest BCUT2D eigenvalue weighted by Crippen LogP contribution is 1.82. The average molecular weight is 115 g/mol. The minimum atomic E-state index is -0.0378. The summed E-state index contributed by atoms with van der Waals surface area (Å²) in [4.78, 5) is 3.16. The quantitative estimate of drug-likeness (QED) is 0.507. The van der Waals surface area contributed by atoms with E-state index >= 15 is 0 Å². The molecule has 1 N–H and O–H groups in total. The average Bonchev–Trinajstić information content (AvgIpc) is 1.61. The molecule has 0 rings (SSSR count). The molecule has 42 valence electrons. The van der Waals surface area contributed by atoms with Gasteiger partial charge in [0.15, 0.2) is 0 Å². The van der Waals surface area contributed by atoms with Crippen molar-refractivity contribution >= 4 is 9.68 Å². The Bertz CT molecular complexity index is 64.5. The van der Waals surface area contributed by atoms with E-state index in [0.29, 0.717) is 0 Å². The molecule has 0 fully saturated rings. The van der Waals surface area contributed by atoms with Crippen molar-refractivity contribution in [1.29, 1.82) is 0 Å². The van der Waals surface area contributed by atoms with Gasteiger partial charge in [-0.3, -0.25) is 0 Å². The van der Waals surface area contributed by atoms with Crippen LogP contribution in [0.5, 0.6) is 0 Å². The number of hydrogen-bond acceptors (Lipinski definition) is 1. The van der Waals surface area contributed by atoms with E-state index in [4.69, 9.17) is 0 Å². The minimum Gasteiger partial charge on any atom is -0.342 e. The van der Waals surface area contributed by atoms with Crippen LogP contribution in [0, 0.1) is 0 Å². The molecular formula is C5H13NSi. The van der Waals surface area contributed by atoms with Gasteiger partial charge in [0.05, 0.1) is 0 Å². The van der Waals surface area contributed by atoms with Crippen molar-refractivity contribution in [3.05, 3.63) is 11.3 Å². The second-order valence-corrected chi connectivity index (χ2v) is 3.36. The SMILES string of the molecule is CN[SiH2]C=C(C)C. The van der Waals surface area contributed by atoms with Crippen LogP contribution in [-0.2, 0) is 0 Å². The summed E-state index contributed by atoms with van der Waals surface area (Å²) in [6.07, 6.45) is 0. The fourth-order valence-electron chi connectivity index (χ4n) is 0.306. The Balaban J connectivity index is 3.08. The molecule has 2 heteroatoms. The molecule has 0 bridgehead atoms. The first-order valence-electron chi connectivity index (χ1n) is 2.55. The summed E-state index contributed by atoms with van der Waals surface area (Å²) in [5, 5.41) is 0. The number of rotatable bonds is 2. The monoisotopic (exact) mass is 115 g/mol. The number of allylic oxidation sites excluding steroid dienone is 1. The Morgan fingerprint density at radius 3 is 2.29 bits per heavy atom. The molecule has 0 heterocycles. The molecular weight excluding hydrogens is 102 g/mol. The Morgan fingerprint density at radius 1 is 1.57 bits per heavy atom. The molecule has 0 unspecified atom stereocenters. The Labute approximate surface area is 47.7 Å². The second-order valence-electron chi connectivity index (χ2n) is 1.84. The lowest BCUT2D eigenvalue weighted by molar-refractivity contribution is 1.25. The van der Waals surface area contributed by atoms with E-state index in [0.717, 1.165) is 0 Å². The summed E-state index contributed by atoms with van der Waals surface area (Å²) in [6, 6.07) is 0. The Morgan fingerprint density at radius 2 is 2.14 bits per heavy atom. The van der Waals surface area contributed by atoms with Gasteiger partial charge in [-0.05, 0) is 20.9 Å². The molecule has 0 atom stereocenters. The maximum Gasteiger partial charge on any atom is 0.116 e. The van der Waals surface area contributed by atoms with Crippen LogP contribution in [0.3, 0.4) is 0 Å². The summed E-state index contributed by atoms with van der Waals surface area (Å²) in [7, 11) is 1.97. The first kappa shape index (κ1) is 6.92. The van der Waals surface area contributed by atoms with Crippen molar-refractivity contribution in [3.63, 3.8) is 0 Å². The fraction of sp³-hybridized carbons (Fsp3) is 0.600. The van der Waals surface area contributed by atoms with Crippen LogP contribution in [0.1, 0.15) is 13.8 Å². The van der Waals surface area contributed by atoms with E-state index in [1.807, 2.05) is 7.05 Å². The zero-order chi connectivity index (χ0) is 5.70. The summed E-state index contributed by atoms with van der Waals surface area (Å²) in [5.41, 5.74) is 3.72. The summed E-state index contributed by atoms with van der Waals surface area (Å²) < 4.78 is 0. The van der Waals surface area contributed by atoms with Crippen LogP contribution in [0.15, 0.2) is 11.3 Å². The molecule has 0 spiro atoms. The number of nitrogens with one attached hydrogen (secondary N) is 1. The van der Waals surface area contributed by atoms with Crippen LogP contribution in [0.4, 0.5) is 0 Å². The van der Waals surface area contributed by atoms with Gasteiger partial charge < -0.3 is 4.98 Å². The highest BCUT2D eigenvalue weighted by atomic mass is 28.2. The van der Waals surface area contributed by atoms with Crippen molar-refractivity contribution in [2.24, 2.45) is 0 Å². The van der Waals surface area contributed by atoms with Crippen LogP contribution >= 0.6 is 0 Å². The lowest BCUT2D eigenvalue weighted by atomic mass is 10.4. The molecule has 0 aliphatic heterocycles. The van der Waals surface area contributed by atoms with Gasteiger partial charge in [-0.1, -0.05) is 11.3 Å². The third-order valence-electron chi connectivity index (χ3n) is 0.714. The van der Waals surface area contributed by atoms with E-state index in [1.54, 1.807) is 0 Å². The van der Waals surface area contributed by atoms with Gasteiger partial charge in [-0.15, -0.1) is 0 Å². The van der Waals surface area contributed by atoms with Crippen molar-refractivity contribution in [2.75, 3.05) is 7.05 Å². The first-order chi connectivity index (χ1) is 3.27. The summed E-state index contributed by atoms with van der Waals surface area (Å²) in [5.74, 6) is 0.